The van der Waals surface area contributed by atoms with E-state index >= 15 is 0 Å². The van der Waals surface area contributed by atoms with Crippen LogP contribution in [-0.4, -0.2) is 58.1 Å². The van der Waals surface area contributed by atoms with Crippen molar-refractivity contribution < 1.29 is 13.2 Å². The van der Waals surface area contributed by atoms with Crippen molar-refractivity contribution in [3.63, 3.8) is 0 Å². The molecule has 0 saturated carbocycles. The van der Waals surface area contributed by atoms with Gasteiger partial charge >= 0.3 is 0 Å². The number of hydrogen-bond donors (Lipinski definition) is 2. The van der Waals surface area contributed by atoms with Crippen LogP contribution in [0.25, 0.3) is 0 Å². The Balaban J connectivity index is 2.40. The highest BCUT2D eigenvalue weighted by molar-refractivity contribution is 7.89. The van der Waals surface area contributed by atoms with Crippen molar-refractivity contribution in [2.24, 2.45) is 5.92 Å². The Kier molecular flexibility index (Phi) is 6.04. The van der Waals surface area contributed by atoms with Gasteiger partial charge in [-0.3, -0.25) is 4.79 Å². The molecule has 1 saturated heterocycles. The normalized spacial score (nSPS) is 17.9. The van der Waals surface area contributed by atoms with Crippen molar-refractivity contribution in [2.45, 2.75) is 19.3 Å². The first-order valence-electron chi connectivity index (χ1n) is 6.31. The molecule has 1 rings (SSSR count). The quantitative estimate of drug-likeness (QED) is 0.678. The molecule has 0 radical (unpaired) electrons. The first-order chi connectivity index (χ1) is 8.45. The van der Waals surface area contributed by atoms with Crippen LogP contribution in [0.4, 0.5) is 0 Å². The Labute approximate surface area is 109 Å². The summed E-state index contributed by atoms with van der Waals surface area (Å²) in [5, 5.41) is 5.68. The Morgan fingerprint density at radius 1 is 1.39 bits per heavy atom. The van der Waals surface area contributed by atoms with Crippen molar-refractivity contribution in [1.29, 1.82) is 0 Å². The molecule has 0 bridgehead atoms. The highest BCUT2D eigenvalue weighted by Crippen LogP contribution is 2.17. The number of piperidine rings is 1. The van der Waals surface area contributed by atoms with Crippen LogP contribution in [0.1, 0.15) is 19.3 Å². The molecule has 1 heterocycles. The Hall–Kier alpha value is -0.660. The molecule has 1 amide bonds. The average Bonchev–Trinajstić information content (AvgIpc) is 2.37. The van der Waals surface area contributed by atoms with Crippen LogP contribution >= 0.6 is 0 Å². The molecule has 106 valence electrons. The highest BCUT2D eigenvalue weighted by Gasteiger charge is 2.22. The van der Waals surface area contributed by atoms with E-state index in [4.69, 9.17) is 0 Å². The fraction of sp³-hybridized carbons (Fsp3) is 0.909. The molecule has 0 aromatic rings. The lowest BCUT2D eigenvalue weighted by molar-refractivity contribution is -0.120. The SMILES string of the molecule is CNC(=O)CN(C)S(=O)(=O)CCC1CCNCC1. The van der Waals surface area contributed by atoms with Crippen molar-refractivity contribution in [3.8, 4) is 0 Å². The van der Waals surface area contributed by atoms with Gasteiger partial charge < -0.3 is 10.6 Å². The molecule has 2 N–H and O–H groups in total. The van der Waals surface area contributed by atoms with Gasteiger partial charge in [0.05, 0.1) is 12.3 Å². The third kappa shape index (κ3) is 4.91. The van der Waals surface area contributed by atoms with E-state index in [0.29, 0.717) is 12.3 Å². The van der Waals surface area contributed by atoms with E-state index in [9.17, 15) is 13.2 Å². The highest BCUT2D eigenvalue weighted by atomic mass is 32.2. The summed E-state index contributed by atoms with van der Waals surface area (Å²) >= 11 is 0. The van der Waals surface area contributed by atoms with Gasteiger partial charge in [-0.1, -0.05) is 0 Å². The zero-order valence-electron chi connectivity index (χ0n) is 11.1. The lowest BCUT2D eigenvalue weighted by Gasteiger charge is -2.23. The molecule has 0 aliphatic carbocycles. The second-order valence-electron chi connectivity index (χ2n) is 4.73. The minimum atomic E-state index is -3.31. The molecule has 0 aromatic carbocycles. The van der Waals surface area contributed by atoms with Gasteiger partial charge in [0.25, 0.3) is 0 Å². The molecule has 1 aliphatic heterocycles. The van der Waals surface area contributed by atoms with E-state index in [0.717, 1.165) is 30.2 Å². The van der Waals surface area contributed by atoms with Crippen molar-refractivity contribution in [2.75, 3.05) is 39.5 Å². The molecule has 0 spiro atoms. The van der Waals surface area contributed by atoms with Crippen LogP contribution < -0.4 is 10.6 Å². The number of likely N-dealkylation sites (N-methyl/N-ethyl adjacent to an activating group) is 2. The largest absolute Gasteiger partial charge is 0.358 e. The number of hydrogen-bond acceptors (Lipinski definition) is 4. The second-order valence-corrected chi connectivity index (χ2v) is 6.92. The summed E-state index contributed by atoms with van der Waals surface area (Å²) in [6, 6.07) is 0. The molecule has 6 nitrogen and oxygen atoms in total. The monoisotopic (exact) mass is 277 g/mol. The predicted molar refractivity (Wildman–Crippen MR) is 70.7 cm³/mol. The number of nitrogens with one attached hydrogen (secondary N) is 2. The van der Waals surface area contributed by atoms with Gasteiger partial charge in [0.2, 0.25) is 15.9 Å². The maximum Gasteiger partial charge on any atom is 0.235 e. The predicted octanol–water partition coefficient (Wildman–Crippen LogP) is -0.616. The number of carbonyl (C=O) groups is 1. The van der Waals surface area contributed by atoms with Crippen LogP contribution in [0.15, 0.2) is 0 Å². The molecular formula is C11H23N3O3S. The third-order valence-electron chi connectivity index (χ3n) is 3.36. The van der Waals surface area contributed by atoms with Gasteiger partial charge in [-0.05, 0) is 38.3 Å². The molecule has 7 heteroatoms. The molecule has 18 heavy (non-hydrogen) atoms. The summed E-state index contributed by atoms with van der Waals surface area (Å²) in [4.78, 5) is 11.1. The van der Waals surface area contributed by atoms with Crippen molar-refractivity contribution in [3.05, 3.63) is 0 Å². The van der Waals surface area contributed by atoms with Gasteiger partial charge in [-0.25, -0.2) is 8.42 Å². The van der Waals surface area contributed by atoms with Crippen LogP contribution in [0.3, 0.4) is 0 Å². The average molecular weight is 277 g/mol. The van der Waals surface area contributed by atoms with Crippen LogP contribution in [0.2, 0.25) is 0 Å². The minimum absolute atomic E-state index is 0.106. The zero-order valence-corrected chi connectivity index (χ0v) is 11.9. The molecular weight excluding hydrogens is 254 g/mol. The molecule has 0 unspecified atom stereocenters. The fourth-order valence-electron chi connectivity index (χ4n) is 2.02. The van der Waals surface area contributed by atoms with Crippen LogP contribution in [-0.2, 0) is 14.8 Å². The van der Waals surface area contributed by atoms with E-state index in [1.807, 2.05) is 0 Å². The summed E-state index contributed by atoms with van der Waals surface area (Å²) in [5.74, 6) is 0.322. The van der Waals surface area contributed by atoms with E-state index < -0.39 is 10.0 Å². The zero-order chi connectivity index (χ0) is 13.6. The Morgan fingerprint density at radius 3 is 2.56 bits per heavy atom. The molecule has 1 aliphatic rings. The molecule has 0 aromatic heterocycles. The maximum absolute atomic E-state index is 12.0. The lowest BCUT2D eigenvalue weighted by Crippen LogP contribution is -2.38. The van der Waals surface area contributed by atoms with Gasteiger partial charge in [-0.15, -0.1) is 0 Å². The summed E-state index contributed by atoms with van der Waals surface area (Å²) < 4.78 is 25.0. The number of carbonyl (C=O) groups excluding carboxylic acids is 1. The van der Waals surface area contributed by atoms with Crippen LogP contribution in [0, 0.1) is 5.92 Å². The first-order valence-corrected chi connectivity index (χ1v) is 7.92. The summed E-state index contributed by atoms with van der Waals surface area (Å²) in [6.07, 6.45) is 2.76. The van der Waals surface area contributed by atoms with Crippen LogP contribution in [0.5, 0.6) is 0 Å². The maximum atomic E-state index is 12.0. The van der Waals surface area contributed by atoms with E-state index in [2.05, 4.69) is 10.6 Å². The van der Waals surface area contributed by atoms with Crippen molar-refractivity contribution in [1.82, 2.24) is 14.9 Å². The fourth-order valence-corrected chi connectivity index (χ4v) is 3.28. The summed E-state index contributed by atoms with van der Waals surface area (Å²) in [7, 11) is -0.364. The number of sulfonamides is 1. The van der Waals surface area contributed by atoms with Gasteiger partial charge in [-0.2, -0.15) is 4.31 Å². The standard InChI is InChI=1S/C11H23N3O3S/c1-12-11(15)9-14(2)18(16,17)8-5-10-3-6-13-7-4-10/h10,13H,3-9H2,1-2H3,(H,12,15). The van der Waals surface area contributed by atoms with Gasteiger partial charge in [0.15, 0.2) is 0 Å². The molecule has 1 fully saturated rings. The number of nitrogens with zero attached hydrogens (tertiary/aromatic N) is 1. The lowest BCUT2D eigenvalue weighted by atomic mass is 9.96. The second kappa shape index (κ2) is 7.06. The van der Waals surface area contributed by atoms with Gasteiger partial charge in [0, 0.05) is 14.1 Å². The number of rotatable bonds is 6. The Bertz CT molecular complexity index is 364. The number of amides is 1. The van der Waals surface area contributed by atoms with E-state index in [-0.39, 0.29) is 18.2 Å². The van der Waals surface area contributed by atoms with E-state index in [1.54, 1.807) is 0 Å². The smallest absolute Gasteiger partial charge is 0.235 e. The first kappa shape index (κ1) is 15.4. The van der Waals surface area contributed by atoms with Gasteiger partial charge in [0.1, 0.15) is 0 Å². The third-order valence-corrected chi connectivity index (χ3v) is 5.19. The van der Waals surface area contributed by atoms with E-state index in [1.165, 1.54) is 14.1 Å². The topological polar surface area (TPSA) is 78.5 Å². The Morgan fingerprint density at radius 2 is 2.00 bits per heavy atom. The molecule has 0 atom stereocenters. The summed E-state index contributed by atoms with van der Waals surface area (Å²) in [6.45, 7) is 1.84. The summed E-state index contributed by atoms with van der Waals surface area (Å²) in [5.41, 5.74) is 0. The minimum Gasteiger partial charge on any atom is -0.358 e. The van der Waals surface area contributed by atoms with Crippen molar-refractivity contribution >= 4 is 15.9 Å².